The van der Waals surface area contributed by atoms with Crippen molar-refractivity contribution in [2.75, 3.05) is 24.2 Å². The molecule has 9 heteroatoms. The van der Waals surface area contributed by atoms with Gasteiger partial charge in [-0.25, -0.2) is 13.4 Å². The van der Waals surface area contributed by atoms with Gasteiger partial charge in [-0.2, -0.15) is 4.31 Å². The van der Waals surface area contributed by atoms with E-state index in [0.717, 1.165) is 17.4 Å². The van der Waals surface area contributed by atoms with Crippen molar-refractivity contribution in [1.29, 1.82) is 0 Å². The number of oxazole rings is 1. The zero-order valence-electron chi connectivity index (χ0n) is 19.0. The molecule has 0 unspecified atom stereocenters. The van der Waals surface area contributed by atoms with Gasteiger partial charge in [0, 0.05) is 18.8 Å². The van der Waals surface area contributed by atoms with Gasteiger partial charge in [0.05, 0.1) is 10.6 Å². The summed E-state index contributed by atoms with van der Waals surface area (Å²) in [6.45, 7) is 10.8. The molecule has 1 aromatic heterocycles. The van der Waals surface area contributed by atoms with Gasteiger partial charge in [-0.3, -0.25) is 4.79 Å². The van der Waals surface area contributed by atoms with E-state index in [1.165, 1.54) is 22.0 Å². The largest absolute Gasteiger partial charge is 0.431 e. The minimum atomic E-state index is -3.58. The molecule has 0 saturated heterocycles. The van der Waals surface area contributed by atoms with E-state index in [-0.39, 0.29) is 22.0 Å². The van der Waals surface area contributed by atoms with E-state index in [1.807, 2.05) is 24.3 Å². The Labute approximate surface area is 193 Å². The number of aromatic nitrogens is 1. The van der Waals surface area contributed by atoms with Gasteiger partial charge < -0.3 is 9.73 Å². The third-order valence-electron chi connectivity index (χ3n) is 5.04. The van der Waals surface area contributed by atoms with Crippen molar-refractivity contribution in [3.05, 3.63) is 48.0 Å². The summed E-state index contributed by atoms with van der Waals surface area (Å²) >= 11 is 1.16. The first kappa shape index (κ1) is 24.3. The lowest BCUT2D eigenvalue weighted by molar-refractivity contribution is -0.113. The van der Waals surface area contributed by atoms with E-state index in [0.29, 0.717) is 29.4 Å². The summed E-state index contributed by atoms with van der Waals surface area (Å²) in [7, 11) is -3.58. The second-order valence-electron chi connectivity index (χ2n) is 8.36. The number of fused-ring (bicyclic) bond motifs is 1. The summed E-state index contributed by atoms with van der Waals surface area (Å²) in [6, 6.07) is 12.4. The van der Waals surface area contributed by atoms with Gasteiger partial charge in [-0.05, 0) is 41.3 Å². The van der Waals surface area contributed by atoms with Crippen molar-refractivity contribution < 1.29 is 17.6 Å². The monoisotopic (exact) mass is 475 g/mol. The van der Waals surface area contributed by atoms with E-state index in [4.69, 9.17) is 4.42 Å². The number of sulfonamides is 1. The molecule has 3 aromatic rings. The van der Waals surface area contributed by atoms with Gasteiger partial charge in [0.25, 0.3) is 5.22 Å². The Morgan fingerprint density at radius 3 is 2.34 bits per heavy atom. The Balaban J connectivity index is 1.66. The number of hydrogen-bond donors (Lipinski definition) is 1. The molecule has 0 spiro atoms. The lowest BCUT2D eigenvalue weighted by Gasteiger charge is -2.19. The molecule has 3 rings (SSSR count). The lowest BCUT2D eigenvalue weighted by atomic mass is 9.87. The van der Waals surface area contributed by atoms with Crippen molar-refractivity contribution in [1.82, 2.24) is 9.29 Å². The molecule has 32 heavy (non-hydrogen) atoms. The predicted molar refractivity (Wildman–Crippen MR) is 129 cm³/mol. The van der Waals surface area contributed by atoms with E-state index in [1.54, 1.807) is 19.9 Å². The number of carbonyl (C=O) groups excluding carboxylic acids is 1. The average molecular weight is 476 g/mol. The van der Waals surface area contributed by atoms with E-state index in [2.05, 4.69) is 31.1 Å². The SMILES string of the molecule is CCN(CC)S(=O)(=O)c1ccc2oc(SCC(=O)Nc3ccc(C(C)(C)C)cc3)nc2c1. The number of anilines is 1. The molecule has 1 heterocycles. The highest BCUT2D eigenvalue weighted by Crippen LogP contribution is 2.27. The summed E-state index contributed by atoms with van der Waals surface area (Å²) in [5, 5.41) is 3.18. The van der Waals surface area contributed by atoms with Crippen molar-refractivity contribution in [3.63, 3.8) is 0 Å². The van der Waals surface area contributed by atoms with Gasteiger partial charge in [0.1, 0.15) is 5.52 Å². The first-order valence-corrected chi connectivity index (χ1v) is 12.9. The minimum Gasteiger partial charge on any atom is -0.431 e. The zero-order valence-corrected chi connectivity index (χ0v) is 20.6. The summed E-state index contributed by atoms with van der Waals surface area (Å²) in [5.41, 5.74) is 2.89. The second kappa shape index (κ2) is 9.64. The van der Waals surface area contributed by atoms with Crippen molar-refractivity contribution in [3.8, 4) is 0 Å². The Bertz CT molecular complexity index is 1190. The molecule has 0 aliphatic carbocycles. The minimum absolute atomic E-state index is 0.0515. The highest BCUT2D eigenvalue weighted by Gasteiger charge is 2.23. The van der Waals surface area contributed by atoms with Crippen LogP contribution in [0.1, 0.15) is 40.2 Å². The quantitative estimate of drug-likeness (QED) is 0.467. The van der Waals surface area contributed by atoms with E-state index in [9.17, 15) is 13.2 Å². The molecule has 2 aromatic carbocycles. The average Bonchev–Trinajstić information content (AvgIpc) is 3.15. The van der Waals surface area contributed by atoms with Gasteiger partial charge in [-0.1, -0.05) is 58.5 Å². The lowest BCUT2D eigenvalue weighted by Crippen LogP contribution is -2.30. The maximum atomic E-state index is 12.7. The molecular formula is C23H29N3O4S2. The van der Waals surface area contributed by atoms with Crippen LogP contribution in [0.2, 0.25) is 0 Å². The van der Waals surface area contributed by atoms with Gasteiger partial charge >= 0.3 is 0 Å². The normalized spacial score (nSPS) is 12.4. The number of thioether (sulfide) groups is 1. The molecule has 7 nitrogen and oxygen atoms in total. The smallest absolute Gasteiger partial charge is 0.257 e. The Morgan fingerprint density at radius 1 is 1.09 bits per heavy atom. The van der Waals surface area contributed by atoms with Crippen LogP contribution in [0.15, 0.2) is 57.0 Å². The van der Waals surface area contributed by atoms with Gasteiger partial charge in [-0.15, -0.1) is 0 Å². The highest BCUT2D eigenvalue weighted by molar-refractivity contribution is 7.99. The Kier molecular flexibility index (Phi) is 7.32. The van der Waals surface area contributed by atoms with Crippen molar-refractivity contribution in [2.45, 2.75) is 50.2 Å². The summed E-state index contributed by atoms with van der Waals surface area (Å²) < 4.78 is 32.5. The molecule has 172 valence electrons. The van der Waals surface area contributed by atoms with E-state index >= 15 is 0 Å². The van der Waals surface area contributed by atoms with Crippen LogP contribution in [0.4, 0.5) is 5.69 Å². The molecule has 0 atom stereocenters. The predicted octanol–water partition coefficient (Wildman–Crippen LogP) is 4.89. The first-order valence-electron chi connectivity index (χ1n) is 10.5. The van der Waals surface area contributed by atoms with Crippen molar-refractivity contribution >= 4 is 44.5 Å². The number of rotatable bonds is 8. The highest BCUT2D eigenvalue weighted by atomic mass is 32.2. The topological polar surface area (TPSA) is 92.5 Å². The number of hydrogen-bond acceptors (Lipinski definition) is 6. The van der Waals surface area contributed by atoms with Crippen LogP contribution < -0.4 is 5.32 Å². The molecule has 0 bridgehead atoms. The van der Waals surface area contributed by atoms with Crippen LogP contribution in [-0.2, 0) is 20.2 Å². The molecule has 1 N–H and O–H groups in total. The Hall–Kier alpha value is -2.36. The number of carbonyl (C=O) groups is 1. The molecule has 1 amide bonds. The summed E-state index contributed by atoms with van der Waals surface area (Å²) in [5.74, 6) is -0.0519. The van der Waals surface area contributed by atoms with Gasteiger partial charge in [0.2, 0.25) is 15.9 Å². The standard InChI is InChI=1S/C23H29N3O4S2/c1-6-26(7-2)32(28,29)18-12-13-20-19(14-18)25-22(30-20)31-15-21(27)24-17-10-8-16(9-11-17)23(3,4)5/h8-14H,6-7,15H2,1-5H3,(H,24,27). The molecule has 0 aliphatic rings. The van der Waals surface area contributed by atoms with Crippen LogP contribution in [0.3, 0.4) is 0 Å². The first-order chi connectivity index (χ1) is 15.0. The molecule has 0 fully saturated rings. The maximum absolute atomic E-state index is 12.7. The third kappa shape index (κ3) is 5.51. The summed E-state index contributed by atoms with van der Waals surface area (Å²) in [4.78, 5) is 16.8. The maximum Gasteiger partial charge on any atom is 0.257 e. The second-order valence-corrected chi connectivity index (χ2v) is 11.2. The third-order valence-corrected chi connectivity index (χ3v) is 7.92. The number of benzene rings is 2. The fraction of sp³-hybridized carbons (Fsp3) is 0.391. The zero-order chi connectivity index (χ0) is 23.5. The number of nitrogens with one attached hydrogen (secondary N) is 1. The fourth-order valence-electron chi connectivity index (χ4n) is 3.20. The van der Waals surface area contributed by atoms with Crippen LogP contribution in [0.25, 0.3) is 11.1 Å². The number of amides is 1. The molecular weight excluding hydrogens is 446 g/mol. The van der Waals surface area contributed by atoms with Crippen LogP contribution in [0.5, 0.6) is 0 Å². The van der Waals surface area contributed by atoms with E-state index < -0.39 is 10.0 Å². The molecule has 0 radical (unpaired) electrons. The van der Waals surface area contributed by atoms with Crippen LogP contribution >= 0.6 is 11.8 Å². The molecule has 0 aliphatic heterocycles. The van der Waals surface area contributed by atoms with Crippen LogP contribution in [0, 0.1) is 0 Å². The summed E-state index contributed by atoms with van der Waals surface area (Å²) in [6.07, 6.45) is 0. The fourth-order valence-corrected chi connectivity index (χ4v) is 5.32. The Morgan fingerprint density at radius 2 is 1.75 bits per heavy atom. The van der Waals surface area contributed by atoms with Crippen molar-refractivity contribution in [2.24, 2.45) is 0 Å². The van der Waals surface area contributed by atoms with Gasteiger partial charge in [0.15, 0.2) is 5.58 Å². The number of nitrogens with zero attached hydrogens (tertiary/aromatic N) is 2. The van der Waals surface area contributed by atoms with Crippen LogP contribution in [-0.4, -0.2) is 42.5 Å². The molecule has 0 saturated carbocycles.